The van der Waals surface area contributed by atoms with Crippen molar-refractivity contribution in [1.29, 1.82) is 0 Å². The third kappa shape index (κ3) is 3.61. The largest absolute Gasteiger partial charge is 0.480 e. The number of fused-ring (bicyclic) bond motifs is 1. The molecule has 1 fully saturated rings. The van der Waals surface area contributed by atoms with E-state index in [0.29, 0.717) is 5.88 Å². The highest BCUT2D eigenvalue weighted by Crippen LogP contribution is 2.27. The van der Waals surface area contributed by atoms with Gasteiger partial charge in [0.25, 0.3) is 0 Å². The smallest absolute Gasteiger partial charge is 0.347 e. The first-order valence-electron chi connectivity index (χ1n) is 8.91. The van der Waals surface area contributed by atoms with Crippen molar-refractivity contribution in [2.75, 3.05) is 38.2 Å². The van der Waals surface area contributed by atoms with E-state index in [2.05, 4.69) is 36.9 Å². The Labute approximate surface area is 157 Å². The lowest BCUT2D eigenvalue weighted by molar-refractivity contribution is 0.249. The minimum Gasteiger partial charge on any atom is -0.480 e. The fraction of sp³-hybridized carbons (Fsp3) is 0.368. The van der Waals surface area contributed by atoms with E-state index in [1.165, 1.54) is 10.9 Å². The van der Waals surface area contributed by atoms with Crippen molar-refractivity contribution in [1.82, 2.24) is 24.4 Å². The number of methoxy groups -OCH3 is 1. The Morgan fingerprint density at radius 3 is 2.67 bits per heavy atom. The van der Waals surface area contributed by atoms with Gasteiger partial charge >= 0.3 is 5.69 Å². The number of hydrogen-bond acceptors (Lipinski definition) is 7. The van der Waals surface area contributed by atoms with Crippen molar-refractivity contribution in [3.8, 4) is 5.88 Å². The molecule has 1 aliphatic rings. The summed E-state index contributed by atoms with van der Waals surface area (Å²) in [7, 11) is 3.36. The summed E-state index contributed by atoms with van der Waals surface area (Å²) in [6.45, 7) is 4.56. The van der Waals surface area contributed by atoms with E-state index in [0.717, 1.165) is 54.9 Å². The van der Waals surface area contributed by atoms with Crippen LogP contribution in [0.5, 0.6) is 5.88 Å². The van der Waals surface area contributed by atoms with Gasteiger partial charge in [-0.2, -0.15) is 0 Å². The van der Waals surface area contributed by atoms with Gasteiger partial charge in [0.2, 0.25) is 5.88 Å². The molecule has 8 heteroatoms. The number of benzene rings is 1. The van der Waals surface area contributed by atoms with Crippen LogP contribution < -0.4 is 15.3 Å². The lowest BCUT2D eigenvalue weighted by Crippen LogP contribution is -2.46. The molecule has 140 valence electrons. The van der Waals surface area contributed by atoms with Crippen LogP contribution in [0.2, 0.25) is 0 Å². The Morgan fingerprint density at radius 2 is 1.93 bits per heavy atom. The van der Waals surface area contributed by atoms with Crippen molar-refractivity contribution >= 4 is 16.6 Å². The lowest BCUT2D eigenvalue weighted by atomic mass is 10.1. The van der Waals surface area contributed by atoms with Gasteiger partial charge in [-0.1, -0.05) is 0 Å². The number of hydrogen-bond donors (Lipinski definition) is 0. The first kappa shape index (κ1) is 17.4. The Morgan fingerprint density at radius 1 is 1.11 bits per heavy atom. The van der Waals surface area contributed by atoms with Crippen molar-refractivity contribution in [2.45, 2.75) is 6.54 Å². The van der Waals surface area contributed by atoms with Crippen LogP contribution in [0.1, 0.15) is 5.56 Å². The van der Waals surface area contributed by atoms with Crippen LogP contribution in [-0.4, -0.2) is 57.7 Å². The van der Waals surface area contributed by atoms with Gasteiger partial charge in [0.1, 0.15) is 6.33 Å². The average Bonchev–Trinajstić information content (AvgIpc) is 2.70. The molecule has 1 saturated heterocycles. The van der Waals surface area contributed by atoms with Gasteiger partial charge in [-0.05, 0) is 18.2 Å². The van der Waals surface area contributed by atoms with E-state index in [4.69, 9.17) is 4.74 Å². The number of aromatic nitrogens is 4. The lowest BCUT2D eigenvalue weighted by Gasteiger charge is -2.36. The number of piperazine rings is 1. The summed E-state index contributed by atoms with van der Waals surface area (Å²) < 4.78 is 6.89. The van der Waals surface area contributed by atoms with Gasteiger partial charge in [-0.3, -0.25) is 4.90 Å². The van der Waals surface area contributed by atoms with Gasteiger partial charge in [0.15, 0.2) is 0 Å². The van der Waals surface area contributed by atoms with Crippen LogP contribution in [0.25, 0.3) is 10.9 Å². The topological polar surface area (TPSA) is 76.4 Å². The molecular weight excluding hydrogens is 344 g/mol. The summed E-state index contributed by atoms with van der Waals surface area (Å²) in [4.78, 5) is 28.5. The summed E-state index contributed by atoms with van der Waals surface area (Å²) in [5.74, 6) is 0.600. The summed E-state index contributed by atoms with van der Waals surface area (Å²) in [6, 6.07) is 6.21. The maximum atomic E-state index is 11.4. The molecule has 4 rings (SSSR count). The van der Waals surface area contributed by atoms with E-state index in [1.54, 1.807) is 20.4 Å². The SMILES string of the molecule is COc1ncnc2ccc(N3CCN(Cc4cnc(=O)n(C)c4)CC3)cc12. The van der Waals surface area contributed by atoms with Crippen LogP contribution >= 0.6 is 0 Å². The summed E-state index contributed by atoms with van der Waals surface area (Å²) in [5, 5.41) is 0.927. The minimum absolute atomic E-state index is 0.223. The molecule has 0 N–H and O–H groups in total. The van der Waals surface area contributed by atoms with Crippen molar-refractivity contribution in [3.63, 3.8) is 0 Å². The Kier molecular flexibility index (Phi) is 4.72. The zero-order chi connectivity index (χ0) is 18.8. The predicted molar refractivity (Wildman–Crippen MR) is 103 cm³/mol. The highest BCUT2D eigenvalue weighted by atomic mass is 16.5. The number of anilines is 1. The van der Waals surface area contributed by atoms with Crippen LogP contribution in [0.3, 0.4) is 0 Å². The van der Waals surface area contributed by atoms with Crippen molar-refractivity contribution in [2.24, 2.45) is 7.05 Å². The number of rotatable bonds is 4. The van der Waals surface area contributed by atoms with Gasteiger partial charge in [-0.25, -0.2) is 19.7 Å². The van der Waals surface area contributed by atoms with Gasteiger partial charge in [0.05, 0.1) is 18.0 Å². The third-order valence-electron chi connectivity index (χ3n) is 4.92. The molecule has 1 aliphatic heterocycles. The molecule has 0 atom stereocenters. The molecule has 27 heavy (non-hydrogen) atoms. The van der Waals surface area contributed by atoms with Crippen LogP contribution in [0.15, 0.2) is 41.7 Å². The van der Waals surface area contributed by atoms with E-state index >= 15 is 0 Å². The quantitative estimate of drug-likeness (QED) is 0.683. The molecule has 3 aromatic rings. The van der Waals surface area contributed by atoms with E-state index in [9.17, 15) is 4.79 Å². The molecular formula is C19H22N6O2. The van der Waals surface area contributed by atoms with E-state index < -0.39 is 0 Å². The summed E-state index contributed by atoms with van der Waals surface area (Å²) in [6.07, 6.45) is 5.05. The first-order chi connectivity index (χ1) is 13.1. The van der Waals surface area contributed by atoms with Crippen LogP contribution in [-0.2, 0) is 13.6 Å². The van der Waals surface area contributed by atoms with Crippen LogP contribution in [0.4, 0.5) is 5.69 Å². The molecule has 0 saturated carbocycles. The second-order valence-electron chi connectivity index (χ2n) is 6.70. The monoisotopic (exact) mass is 366 g/mol. The second kappa shape index (κ2) is 7.32. The van der Waals surface area contributed by atoms with Gasteiger partial charge in [-0.15, -0.1) is 0 Å². The van der Waals surface area contributed by atoms with E-state index in [-0.39, 0.29) is 5.69 Å². The molecule has 0 unspecified atom stereocenters. The normalized spacial score (nSPS) is 15.3. The molecule has 0 radical (unpaired) electrons. The molecule has 2 aromatic heterocycles. The van der Waals surface area contributed by atoms with E-state index in [1.807, 2.05) is 12.3 Å². The highest BCUT2D eigenvalue weighted by Gasteiger charge is 2.18. The molecule has 8 nitrogen and oxygen atoms in total. The molecule has 3 heterocycles. The van der Waals surface area contributed by atoms with Gasteiger partial charge in [0, 0.05) is 63.4 Å². The minimum atomic E-state index is -0.223. The fourth-order valence-corrected chi connectivity index (χ4v) is 3.45. The highest BCUT2D eigenvalue weighted by molar-refractivity contribution is 5.86. The standard InChI is InChI=1S/C19H22N6O2/c1-23-11-14(10-20-19(23)26)12-24-5-7-25(8-6-24)15-3-4-17-16(9-15)18(27-2)22-13-21-17/h3-4,9-11,13H,5-8,12H2,1-2H3. The van der Waals surface area contributed by atoms with Crippen molar-refractivity contribution < 1.29 is 4.74 Å². The Balaban J connectivity index is 1.45. The number of nitrogens with zero attached hydrogens (tertiary/aromatic N) is 6. The zero-order valence-corrected chi connectivity index (χ0v) is 15.5. The molecule has 0 aliphatic carbocycles. The first-order valence-corrected chi connectivity index (χ1v) is 8.91. The average molecular weight is 366 g/mol. The summed E-state index contributed by atoms with van der Waals surface area (Å²) in [5.41, 5.74) is 2.86. The summed E-state index contributed by atoms with van der Waals surface area (Å²) >= 11 is 0. The fourth-order valence-electron chi connectivity index (χ4n) is 3.45. The Bertz CT molecular complexity index is 1010. The zero-order valence-electron chi connectivity index (χ0n) is 15.5. The van der Waals surface area contributed by atoms with Crippen LogP contribution in [0, 0.1) is 0 Å². The molecule has 0 spiro atoms. The number of aryl methyl sites for hydroxylation is 1. The molecule has 0 bridgehead atoms. The van der Waals surface area contributed by atoms with Crippen molar-refractivity contribution in [3.05, 3.63) is 53.0 Å². The Hall–Kier alpha value is -3.00. The second-order valence-corrected chi connectivity index (χ2v) is 6.70. The molecule has 1 aromatic carbocycles. The van der Waals surface area contributed by atoms with Gasteiger partial charge < -0.3 is 14.2 Å². The number of ether oxygens (including phenoxy) is 1. The predicted octanol–water partition coefficient (Wildman–Crippen LogP) is 1.05. The molecule has 0 amide bonds. The maximum Gasteiger partial charge on any atom is 0.347 e. The maximum absolute atomic E-state index is 11.4. The third-order valence-corrected chi connectivity index (χ3v) is 4.92.